The molecule has 0 radical (unpaired) electrons. The van der Waals surface area contributed by atoms with E-state index in [1.165, 1.54) is 0 Å². The van der Waals surface area contributed by atoms with Gasteiger partial charge in [0.05, 0.1) is 0 Å². The highest BCUT2D eigenvalue weighted by molar-refractivity contribution is 5.52. The number of carbonyl (C=O) groups excluding carboxylic acids is 2. The van der Waals surface area contributed by atoms with Gasteiger partial charge < -0.3 is 23.8 Å². The van der Waals surface area contributed by atoms with Crippen LogP contribution in [0.25, 0.3) is 0 Å². The fraction of sp³-hybridized carbons (Fsp3) is 0.727. The molecule has 0 spiro atoms. The maximum absolute atomic E-state index is 10.4. The molecule has 0 aromatic heterocycles. The Kier molecular flexibility index (Phi) is 20.0. The Bertz CT molecular complexity index is 356. The second-order valence-corrected chi connectivity index (χ2v) is 6.37. The first kappa shape index (κ1) is 25.7. The molecule has 0 N–H and O–H groups in total. The zero-order chi connectivity index (χ0) is 20.0. The van der Waals surface area contributed by atoms with Crippen LogP contribution < -0.4 is 0 Å². The molecule has 156 valence electrons. The summed E-state index contributed by atoms with van der Waals surface area (Å²) in [6.45, 7) is 5.59. The molecule has 0 rings (SSSR count). The van der Waals surface area contributed by atoms with Crippen LogP contribution >= 0.6 is 0 Å². The van der Waals surface area contributed by atoms with E-state index < -0.39 is 12.6 Å². The van der Waals surface area contributed by atoms with Gasteiger partial charge in [-0.15, -0.1) is 0 Å². The average Bonchev–Trinajstić information content (AvgIpc) is 2.68. The molecule has 2 atom stereocenters. The van der Waals surface area contributed by atoms with Gasteiger partial charge in [0.2, 0.25) is 0 Å². The monoisotopic (exact) mass is 382 g/mol. The third-order valence-corrected chi connectivity index (χ3v) is 3.86. The summed E-state index contributed by atoms with van der Waals surface area (Å²) < 4.78 is 17.8. The summed E-state index contributed by atoms with van der Waals surface area (Å²) in [5.41, 5.74) is 0. The van der Waals surface area contributed by atoms with E-state index in [0.29, 0.717) is 38.9 Å². The van der Waals surface area contributed by atoms with Gasteiger partial charge in [0.1, 0.15) is 12.6 Å². The van der Waals surface area contributed by atoms with Crippen molar-refractivity contribution >= 4 is 12.6 Å². The smallest absolute Gasteiger partial charge is 0.164 e. The number of carbonyl (C=O) groups is 2. The van der Waals surface area contributed by atoms with Crippen LogP contribution in [0, 0.1) is 0 Å². The lowest BCUT2D eigenvalue weighted by molar-refractivity contribution is -0.243. The van der Waals surface area contributed by atoms with E-state index >= 15 is 0 Å². The van der Waals surface area contributed by atoms with Gasteiger partial charge in [-0.2, -0.15) is 0 Å². The molecule has 0 aliphatic carbocycles. The van der Waals surface area contributed by atoms with Crippen molar-refractivity contribution in [1.29, 1.82) is 0 Å². The van der Waals surface area contributed by atoms with Crippen LogP contribution in [-0.2, 0) is 23.8 Å². The van der Waals surface area contributed by atoms with Crippen LogP contribution in [0.1, 0.15) is 78.1 Å². The van der Waals surface area contributed by atoms with Crippen LogP contribution in [0.4, 0.5) is 0 Å². The molecule has 0 heterocycles. The summed E-state index contributed by atoms with van der Waals surface area (Å²) in [5, 5.41) is 0. The van der Waals surface area contributed by atoms with Crippen LogP contribution in [-0.4, -0.2) is 38.4 Å². The van der Waals surface area contributed by atoms with Gasteiger partial charge in [0, 0.05) is 38.9 Å². The molecule has 0 aromatic carbocycles. The fourth-order valence-electron chi connectivity index (χ4n) is 2.35. The average molecular weight is 383 g/mol. The topological polar surface area (TPSA) is 61.8 Å². The Morgan fingerprint density at radius 1 is 0.667 bits per heavy atom. The highest BCUT2D eigenvalue weighted by Crippen LogP contribution is 2.13. The minimum Gasteiger partial charge on any atom is -0.352 e. The van der Waals surface area contributed by atoms with Gasteiger partial charge >= 0.3 is 0 Å². The minimum atomic E-state index is -0.402. The molecule has 2 unspecified atom stereocenters. The van der Waals surface area contributed by atoms with Crippen molar-refractivity contribution in [1.82, 2.24) is 0 Å². The van der Waals surface area contributed by atoms with Crippen molar-refractivity contribution in [3.8, 4) is 0 Å². The molecule has 5 heteroatoms. The Morgan fingerprint density at radius 2 is 1.11 bits per heavy atom. The molecular formula is C22H38O5. The van der Waals surface area contributed by atoms with E-state index in [4.69, 9.17) is 14.2 Å². The van der Waals surface area contributed by atoms with Crippen molar-refractivity contribution in [2.45, 2.75) is 90.6 Å². The number of hydrogen-bond donors (Lipinski definition) is 0. The summed E-state index contributed by atoms with van der Waals surface area (Å²) in [6, 6.07) is 0. The van der Waals surface area contributed by atoms with Gasteiger partial charge in [0.25, 0.3) is 0 Å². The van der Waals surface area contributed by atoms with E-state index in [2.05, 4.69) is 13.8 Å². The molecule has 0 saturated carbocycles. The lowest BCUT2D eigenvalue weighted by Gasteiger charge is -2.24. The van der Waals surface area contributed by atoms with E-state index in [0.717, 1.165) is 51.1 Å². The van der Waals surface area contributed by atoms with Crippen LogP contribution in [0.15, 0.2) is 24.3 Å². The second-order valence-electron chi connectivity index (χ2n) is 6.37. The van der Waals surface area contributed by atoms with Crippen molar-refractivity contribution < 1.29 is 23.8 Å². The standard InChI is InChI=1S/C22H38O5/c1-3-5-13-19-25-21(15-9-7-11-17-23)27-22(16-10-8-12-18-24)26-20-14-6-4-2/h7-10,17-18,21-22H,3-6,11-16,19-20H2,1-2H3. The maximum atomic E-state index is 10.4. The molecule has 0 aromatic rings. The number of rotatable bonds is 20. The predicted molar refractivity (Wildman–Crippen MR) is 108 cm³/mol. The number of allylic oxidation sites excluding steroid dienone is 2. The summed E-state index contributed by atoms with van der Waals surface area (Å²) in [5.74, 6) is 0. The molecule has 27 heavy (non-hydrogen) atoms. The molecule has 0 fully saturated rings. The number of ether oxygens (including phenoxy) is 3. The maximum Gasteiger partial charge on any atom is 0.164 e. The molecular weight excluding hydrogens is 344 g/mol. The highest BCUT2D eigenvalue weighted by Gasteiger charge is 2.16. The summed E-state index contributed by atoms with van der Waals surface area (Å²) in [7, 11) is 0. The van der Waals surface area contributed by atoms with Gasteiger partial charge in [0.15, 0.2) is 12.6 Å². The molecule has 0 aliphatic rings. The Labute approximate surface area is 165 Å². The van der Waals surface area contributed by atoms with E-state index in [1.54, 1.807) is 0 Å². The number of aldehydes is 2. The van der Waals surface area contributed by atoms with Gasteiger partial charge in [-0.25, -0.2) is 0 Å². The number of hydrogen-bond acceptors (Lipinski definition) is 5. The normalized spacial score (nSPS) is 14.0. The van der Waals surface area contributed by atoms with Crippen molar-refractivity contribution in [2.75, 3.05) is 13.2 Å². The zero-order valence-electron chi connectivity index (χ0n) is 17.1. The molecule has 5 nitrogen and oxygen atoms in total. The third-order valence-electron chi connectivity index (χ3n) is 3.86. The van der Waals surface area contributed by atoms with Gasteiger partial charge in [-0.05, 0) is 12.8 Å². The second kappa shape index (κ2) is 21.0. The van der Waals surface area contributed by atoms with Crippen molar-refractivity contribution in [3.05, 3.63) is 24.3 Å². The quantitative estimate of drug-likeness (QED) is 0.126. The number of unbranched alkanes of at least 4 members (excludes halogenated alkanes) is 4. The first-order chi connectivity index (χ1) is 13.3. The highest BCUT2D eigenvalue weighted by atomic mass is 16.8. The first-order valence-corrected chi connectivity index (χ1v) is 10.3. The molecule has 0 bridgehead atoms. The third kappa shape index (κ3) is 17.9. The fourth-order valence-corrected chi connectivity index (χ4v) is 2.35. The Hall–Kier alpha value is -1.30. The van der Waals surface area contributed by atoms with Gasteiger partial charge in [-0.3, -0.25) is 0 Å². The van der Waals surface area contributed by atoms with Crippen molar-refractivity contribution in [3.63, 3.8) is 0 Å². The molecule has 0 amide bonds. The van der Waals surface area contributed by atoms with Crippen LogP contribution in [0.3, 0.4) is 0 Å². The summed E-state index contributed by atoms with van der Waals surface area (Å²) >= 11 is 0. The predicted octanol–water partition coefficient (Wildman–Crippen LogP) is 5.14. The SMILES string of the molecule is CCCCCOC(CC=CCC=O)OC(CC=CCC=O)OCCCCC. The van der Waals surface area contributed by atoms with Crippen LogP contribution in [0.2, 0.25) is 0 Å². The Balaban J connectivity index is 4.65. The Morgan fingerprint density at radius 3 is 1.48 bits per heavy atom. The molecule has 0 aliphatic heterocycles. The van der Waals surface area contributed by atoms with E-state index in [1.807, 2.05) is 24.3 Å². The molecule has 0 saturated heterocycles. The van der Waals surface area contributed by atoms with Crippen molar-refractivity contribution in [2.24, 2.45) is 0 Å². The van der Waals surface area contributed by atoms with E-state index in [9.17, 15) is 9.59 Å². The first-order valence-electron chi connectivity index (χ1n) is 10.3. The van der Waals surface area contributed by atoms with E-state index in [-0.39, 0.29) is 0 Å². The van der Waals surface area contributed by atoms with Crippen LogP contribution in [0.5, 0.6) is 0 Å². The zero-order valence-corrected chi connectivity index (χ0v) is 17.1. The summed E-state index contributed by atoms with van der Waals surface area (Å²) in [6.07, 6.45) is 16.9. The lowest BCUT2D eigenvalue weighted by atomic mass is 10.2. The lowest BCUT2D eigenvalue weighted by Crippen LogP contribution is -2.27. The largest absolute Gasteiger partial charge is 0.352 e. The summed E-state index contributed by atoms with van der Waals surface area (Å²) in [4.78, 5) is 20.9. The minimum absolute atomic E-state index is 0.397. The van der Waals surface area contributed by atoms with Gasteiger partial charge in [-0.1, -0.05) is 63.8 Å².